The quantitative estimate of drug-likeness (QED) is 0.557. The number of aromatic nitrogens is 1. The molecule has 3 heterocycles. The second kappa shape index (κ2) is 9.00. The van der Waals surface area contributed by atoms with E-state index >= 15 is 0 Å². The summed E-state index contributed by atoms with van der Waals surface area (Å²) in [6, 6.07) is 6.29. The largest absolute Gasteiger partial charge is 0.454 e. The molecule has 0 radical (unpaired) electrons. The molecule has 0 unspecified atom stereocenters. The third-order valence-corrected chi connectivity index (χ3v) is 6.42. The van der Waals surface area contributed by atoms with Crippen LogP contribution in [0.25, 0.3) is 0 Å². The Labute approximate surface area is 175 Å². The Morgan fingerprint density at radius 2 is 2.03 bits per heavy atom. The lowest BCUT2D eigenvalue weighted by Gasteiger charge is -2.38. The van der Waals surface area contributed by atoms with Gasteiger partial charge < -0.3 is 24.8 Å². The highest BCUT2D eigenvalue weighted by atomic mass is 32.1. The van der Waals surface area contributed by atoms with Gasteiger partial charge >= 0.3 is 0 Å². The van der Waals surface area contributed by atoms with Crippen LogP contribution in [-0.2, 0) is 16.6 Å². The van der Waals surface area contributed by atoms with Gasteiger partial charge in [-0.2, -0.15) is 0 Å². The Hall–Kier alpha value is -2.32. The van der Waals surface area contributed by atoms with Crippen molar-refractivity contribution in [2.75, 3.05) is 40.1 Å². The molecule has 0 bridgehead atoms. The van der Waals surface area contributed by atoms with Crippen molar-refractivity contribution in [3.63, 3.8) is 0 Å². The lowest BCUT2D eigenvalue weighted by atomic mass is 9.74. The van der Waals surface area contributed by atoms with E-state index in [2.05, 4.69) is 38.1 Å². The molecule has 2 aromatic rings. The minimum absolute atomic E-state index is 0.0249. The van der Waals surface area contributed by atoms with E-state index < -0.39 is 0 Å². The second-order valence-electron chi connectivity index (χ2n) is 7.42. The maximum absolute atomic E-state index is 5.65. The first kappa shape index (κ1) is 20.0. The molecule has 7 nitrogen and oxygen atoms in total. The highest BCUT2D eigenvalue weighted by Gasteiger charge is 2.35. The van der Waals surface area contributed by atoms with Gasteiger partial charge in [0.1, 0.15) is 0 Å². The van der Waals surface area contributed by atoms with Gasteiger partial charge in [-0.3, -0.25) is 4.99 Å². The van der Waals surface area contributed by atoms with E-state index in [1.165, 1.54) is 5.56 Å². The normalized spacial score (nSPS) is 17.9. The van der Waals surface area contributed by atoms with Crippen molar-refractivity contribution in [1.82, 2.24) is 15.6 Å². The molecule has 4 rings (SSSR count). The second-order valence-corrected chi connectivity index (χ2v) is 8.48. The highest BCUT2D eigenvalue weighted by molar-refractivity contribution is 7.09. The van der Waals surface area contributed by atoms with Gasteiger partial charge in [0.05, 0.1) is 10.7 Å². The van der Waals surface area contributed by atoms with Crippen LogP contribution in [0.4, 0.5) is 0 Å². The number of fused-ring (bicyclic) bond motifs is 1. The Balaban J connectivity index is 1.39. The molecule has 1 aromatic carbocycles. The number of ether oxygens (including phenoxy) is 3. The maximum Gasteiger partial charge on any atom is 0.231 e. The number of hydrogen-bond donors (Lipinski definition) is 2. The molecule has 156 valence electrons. The average molecular weight is 417 g/mol. The predicted molar refractivity (Wildman–Crippen MR) is 114 cm³/mol. The molecule has 2 aliphatic rings. The smallest absolute Gasteiger partial charge is 0.231 e. The van der Waals surface area contributed by atoms with E-state index in [-0.39, 0.29) is 5.41 Å². The highest BCUT2D eigenvalue weighted by Crippen LogP contribution is 2.40. The van der Waals surface area contributed by atoms with Crippen LogP contribution in [0.1, 0.15) is 29.1 Å². The fourth-order valence-corrected chi connectivity index (χ4v) is 4.51. The molecule has 8 heteroatoms. The number of rotatable bonds is 6. The molecule has 2 aliphatic heterocycles. The summed E-state index contributed by atoms with van der Waals surface area (Å²) < 4.78 is 16.7. The van der Waals surface area contributed by atoms with E-state index in [0.717, 1.165) is 73.7 Å². The average Bonchev–Trinajstić information content (AvgIpc) is 3.39. The van der Waals surface area contributed by atoms with E-state index in [1.54, 1.807) is 18.4 Å². The molecule has 0 atom stereocenters. The first-order valence-electron chi connectivity index (χ1n) is 10.0. The van der Waals surface area contributed by atoms with Crippen molar-refractivity contribution in [2.45, 2.75) is 31.6 Å². The summed E-state index contributed by atoms with van der Waals surface area (Å²) in [6.07, 6.45) is 2.79. The number of hydrogen-bond acceptors (Lipinski definition) is 6. The van der Waals surface area contributed by atoms with Crippen molar-refractivity contribution in [1.29, 1.82) is 0 Å². The SMILES string of the molecule is CN=C(NCCc1csc(C)n1)NCC1(c2ccc3c(c2)OCO3)CCOCC1. The van der Waals surface area contributed by atoms with Crippen LogP contribution in [0.3, 0.4) is 0 Å². The number of nitrogens with zero attached hydrogens (tertiary/aromatic N) is 2. The molecule has 0 spiro atoms. The fourth-order valence-electron chi connectivity index (χ4n) is 3.86. The molecule has 0 aliphatic carbocycles. The van der Waals surface area contributed by atoms with Gasteiger partial charge in [0.2, 0.25) is 6.79 Å². The standard InChI is InChI=1S/C21H28N4O3S/c1-15-25-17(12-29-15)5-8-23-20(22-2)24-13-21(6-9-26-10-7-21)16-3-4-18-19(11-16)28-14-27-18/h3-4,11-12H,5-10,13-14H2,1-2H3,(H2,22,23,24). The number of benzene rings is 1. The Kier molecular flexibility index (Phi) is 6.20. The van der Waals surface area contributed by atoms with Crippen molar-refractivity contribution in [3.05, 3.63) is 39.8 Å². The Bertz CT molecular complexity index is 861. The van der Waals surface area contributed by atoms with Gasteiger partial charge in [-0.1, -0.05) is 6.07 Å². The number of aliphatic imine (C=N–C) groups is 1. The summed E-state index contributed by atoms with van der Waals surface area (Å²) in [6.45, 7) is 5.42. The third-order valence-electron chi connectivity index (χ3n) is 5.59. The van der Waals surface area contributed by atoms with E-state index in [9.17, 15) is 0 Å². The maximum atomic E-state index is 5.65. The number of aryl methyl sites for hydroxylation is 1. The monoisotopic (exact) mass is 416 g/mol. The molecule has 1 saturated heterocycles. The van der Waals surface area contributed by atoms with Gasteiger partial charge in [0, 0.05) is 50.6 Å². The van der Waals surface area contributed by atoms with Crippen molar-refractivity contribution in [2.24, 2.45) is 4.99 Å². The Morgan fingerprint density at radius 3 is 2.79 bits per heavy atom. The first-order valence-corrected chi connectivity index (χ1v) is 10.9. The zero-order valence-electron chi connectivity index (χ0n) is 17.0. The van der Waals surface area contributed by atoms with Crippen LogP contribution in [-0.4, -0.2) is 51.1 Å². The summed E-state index contributed by atoms with van der Waals surface area (Å²) in [5.74, 6) is 2.46. The number of nitrogens with one attached hydrogen (secondary N) is 2. The third kappa shape index (κ3) is 4.64. The number of guanidine groups is 1. The topological polar surface area (TPSA) is 77.0 Å². The van der Waals surface area contributed by atoms with Crippen LogP contribution in [0.15, 0.2) is 28.6 Å². The minimum Gasteiger partial charge on any atom is -0.454 e. The summed E-state index contributed by atoms with van der Waals surface area (Å²) in [5, 5.41) is 10.2. The Morgan fingerprint density at radius 1 is 1.21 bits per heavy atom. The summed E-state index contributed by atoms with van der Waals surface area (Å²) in [4.78, 5) is 8.91. The van der Waals surface area contributed by atoms with E-state index in [4.69, 9.17) is 14.2 Å². The molecule has 0 saturated carbocycles. The van der Waals surface area contributed by atoms with Crippen LogP contribution in [0.2, 0.25) is 0 Å². The summed E-state index contributed by atoms with van der Waals surface area (Å²) >= 11 is 1.69. The summed E-state index contributed by atoms with van der Waals surface area (Å²) in [7, 11) is 1.81. The van der Waals surface area contributed by atoms with Crippen LogP contribution >= 0.6 is 11.3 Å². The van der Waals surface area contributed by atoms with Gasteiger partial charge in [0.15, 0.2) is 17.5 Å². The lowest BCUT2D eigenvalue weighted by molar-refractivity contribution is 0.0513. The van der Waals surface area contributed by atoms with Gasteiger partial charge in [0.25, 0.3) is 0 Å². The van der Waals surface area contributed by atoms with E-state index in [1.807, 2.05) is 13.0 Å². The molecule has 29 heavy (non-hydrogen) atoms. The number of thiazole rings is 1. The molecule has 2 N–H and O–H groups in total. The molecule has 1 fully saturated rings. The molecule has 0 amide bonds. The van der Waals surface area contributed by atoms with E-state index in [0.29, 0.717) is 6.79 Å². The lowest BCUT2D eigenvalue weighted by Crippen LogP contribution is -2.48. The van der Waals surface area contributed by atoms with Crippen LogP contribution in [0.5, 0.6) is 11.5 Å². The molecular weight excluding hydrogens is 388 g/mol. The van der Waals surface area contributed by atoms with Crippen molar-refractivity contribution in [3.8, 4) is 11.5 Å². The fraction of sp³-hybridized carbons (Fsp3) is 0.524. The zero-order chi connectivity index (χ0) is 20.1. The van der Waals surface area contributed by atoms with Gasteiger partial charge in [-0.25, -0.2) is 4.98 Å². The molecule has 1 aromatic heterocycles. The zero-order valence-corrected chi connectivity index (χ0v) is 17.8. The first-order chi connectivity index (χ1) is 14.2. The minimum atomic E-state index is -0.0249. The van der Waals surface area contributed by atoms with Gasteiger partial charge in [-0.05, 0) is 37.5 Å². The van der Waals surface area contributed by atoms with Crippen molar-refractivity contribution < 1.29 is 14.2 Å². The summed E-state index contributed by atoms with van der Waals surface area (Å²) in [5.41, 5.74) is 2.35. The van der Waals surface area contributed by atoms with Crippen LogP contribution in [0, 0.1) is 6.92 Å². The molecular formula is C21H28N4O3S. The van der Waals surface area contributed by atoms with Crippen LogP contribution < -0.4 is 20.1 Å². The predicted octanol–water partition coefficient (Wildman–Crippen LogP) is 2.64. The van der Waals surface area contributed by atoms with Crippen molar-refractivity contribution >= 4 is 17.3 Å². The van der Waals surface area contributed by atoms with Gasteiger partial charge in [-0.15, -0.1) is 11.3 Å².